The third kappa shape index (κ3) is 4.73. The highest BCUT2D eigenvalue weighted by atomic mass is 16.3. The molecule has 0 aliphatic rings. The lowest BCUT2D eigenvalue weighted by atomic mass is 9.97. The molecule has 0 radical (unpaired) electrons. The van der Waals surface area contributed by atoms with Gasteiger partial charge in [-0.2, -0.15) is 0 Å². The average Bonchev–Trinajstić information content (AvgIpc) is 3.56. The summed E-state index contributed by atoms with van der Waals surface area (Å²) in [6.07, 6.45) is 0. The average molecular weight is 638 g/mol. The Morgan fingerprint density at radius 3 is 1.62 bits per heavy atom. The summed E-state index contributed by atoms with van der Waals surface area (Å²) >= 11 is 0. The number of rotatable bonds is 5. The maximum Gasteiger partial charge on any atom is 0.135 e. The molecule has 0 saturated heterocycles. The molecule has 0 N–H and O–H groups in total. The van der Waals surface area contributed by atoms with Gasteiger partial charge in [0.25, 0.3) is 0 Å². The van der Waals surface area contributed by atoms with Crippen LogP contribution in [0, 0.1) is 0 Å². The molecule has 2 heteroatoms. The number of fused-ring (bicyclic) bond motifs is 7. The zero-order chi connectivity index (χ0) is 33.0. The Labute approximate surface area is 290 Å². The van der Waals surface area contributed by atoms with Crippen molar-refractivity contribution in [2.45, 2.75) is 0 Å². The summed E-state index contributed by atoms with van der Waals surface area (Å²) in [6.45, 7) is 0. The minimum absolute atomic E-state index is 0.911. The van der Waals surface area contributed by atoms with Crippen molar-refractivity contribution in [3.63, 3.8) is 0 Å². The zero-order valence-electron chi connectivity index (χ0n) is 27.3. The fourth-order valence-electron chi connectivity index (χ4n) is 7.55. The predicted molar refractivity (Wildman–Crippen MR) is 212 cm³/mol. The minimum atomic E-state index is 0.911. The summed E-state index contributed by atoms with van der Waals surface area (Å²) in [7, 11) is 0. The van der Waals surface area contributed by atoms with E-state index < -0.39 is 0 Å². The highest BCUT2D eigenvalue weighted by Crippen LogP contribution is 2.40. The van der Waals surface area contributed by atoms with Gasteiger partial charge >= 0.3 is 0 Å². The van der Waals surface area contributed by atoms with Crippen LogP contribution in [-0.2, 0) is 0 Å². The molecule has 10 rings (SSSR count). The van der Waals surface area contributed by atoms with Crippen molar-refractivity contribution in [3.05, 3.63) is 188 Å². The van der Waals surface area contributed by atoms with Crippen molar-refractivity contribution in [3.8, 4) is 22.3 Å². The van der Waals surface area contributed by atoms with Crippen LogP contribution in [0.5, 0.6) is 0 Å². The standard InChI is InChI=1S/C48H31NO/c1-3-11-41-33(8-1)10-7-14-42(41)35-20-26-39(27-21-35)49(40-28-22-36-17-16-34-9-2-4-12-43(34)45(36)31-40)38-24-18-32(19-25-38)37-23-29-48-46(30-37)44-13-5-6-15-47(44)50-48/h1-31H. The van der Waals surface area contributed by atoms with Crippen LogP contribution in [0.4, 0.5) is 17.1 Å². The molecule has 0 aliphatic heterocycles. The number of nitrogens with zero attached hydrogens (tertiary/aromatic N) is 1. The molecule has 10 aromatic rings. The lowest BCUT2D eigenvalue weighted by Crippen LogP contribution is -2.09. The van der Waals surface area contributed by atoms with E-state index in [2.05, 4.69) is 181 Å². The van der Waals surface area contributed by atoms with E-state index in [0.29, 0.717) is 0 Å². The molecule has 2 nitrogen and oxygen atoms in total. The van der Waals surface area contributed by atoms with Crippen LogP contribution >= 0.6 is 0 Å². The van der Waals surface area contributed by atoms with Gasteiger partial charge in [0.05, 0.1) is 0 Å². The normalized spacial score (nSPS) is 11.6. The van der Waals surface area contributed by atoms with E-state index in [4.69, 9.17) is 4.42 Å². The fourth-order valence-corrected chi connectivity index (χ4v) is 7.55. The first-order valence-electron chi connectivity index (χ1n) is 17.1. The minimum Gasteiger partial charge on any atom is -0.456 e. The Bertz CT molecular complexity index is 2860. The lowest BCUT2D eigenvalue weighted by Gasteiger charge is -2.26. The Hall–Kier alpha value is -6.64. The van der Waals surface area contributed by atoms with E-state index in [-0.39, 0.29) is 0 Å². The maximum absolute atomic E-state index is 6.10. The van der Waals surface area contributed by atoms with E-state index in [1.807, 2.05) is 12.1 Å². The Balaban J connectivity index is 1.09. The van der Waals surface area contributed by atoms with Gasteiger partial charge < -0.3 is 9.32 Å². The van der Waals surface area contributed by atoms with Crippen LogP contribution in [0.15, 0.2) is 192 Å². The van der Waals surface area contributed by atoms with E-state index in [1.54, 1.807) is 0 Å². The molecule has 50 heavy (non-hydrogen) atoms. The molecule has 0 amide bonds. The molecule has 9 aromatic carbocycles. The third-order valence-electron chi connectivity index (χ3n) is 10.1. The molecule has 0 fully saturated rings. The first kappa shape index (κ1) is 28.4. The number of furan rings is 1. The first-order chi connectivity index (χ1) is 24.8. The monoisotopic (exact) mass is 637 g/mol. The van der Waals surface area contributed by atoms with Gasteiger partial charge in [0.15, 0.2) is 0 Å². The topological polar surface area (TPSA) is 16.4 Å². The molecular weight excluding hydrogens is 607 g/mol. The van der Waals surface area contributed by atoms with Crippen LogP contribution in [0.2, 0.25) is 0 Å². The molecule has 1 heterocycles. The first-order valence-corrected chi connectivity index (χ1v) is 17.1. The molecular formula is C48H31NO. The van der Waals surface area contributed by atoms with Crippen LogP contribution in [0.25, 0.3) is 76.5 Å². The smallest absolute Gasteiger partial charge is 0.135 e. The second-order valence-electron chi connectivity index (χ2n) is 13.0. The maximum atomic E-state index is 6.10. The number of anilines is 3. The molecule has 0 saturated carbocycles. The second kappa shape index (κ2) is 11.5. The molecule has 1 aromatic heterocycles. The summed E-state index contributed by atoms with van der Waals surface area (Å²) in [5.74, 6) is 0. The van der Waals surface area contributed by atoms with Crippen molar-refractivity contribution in [2.75, 3.05) is 4.90 Å². The van der Waals surface area contributed by atoms with Crippen LogP contribution in [0.3, 0.4) is 0 Å². The van der Waals surface area contributed by atoms with Gasteiger partial charge in [-0.1, -0.05) is 133 Å². The summed E-state index contributed by atoms with van der Waals surface area (Å²) in [5.41, 5.74) is 9.92. The number of para-hydroxylation sites is 1. The summed E-state index contributed by atoms with van der Waals surface area (Å²) in [6, 6.07) is 67.7. The SMILES string of the molecule is c1ccc2c(-c3ccc(N(c4ccc(-c5ccc6oc7ccccc7c6c5)cc4)c4ccc5ccc6ccccc6c5c4)cc3)cccc2c1. The number of hydrogen-bond acceptors (Lipinski definition) is 2. The van der Waals surface area contributed by atoms with Gasteiger partial charge in [-0.15, -0.1) is 0 Å². The summed E-state index contributed by atoms with van der Waals surface area (Å²) in [5, 5.41) is 9.77. The zero-order valence-corrected chi connectivity index (χ0v) is 27.3. The highest BCUT2D eigenvalue weighted by molar-refractivity contribution is 6.09. The van der Waals surface area contributed by atoms with Gasteiger partial charge in [-0.05, 0) is 109 Å². The highest BCUT2D eigenvalue weighted by Gasteiger charge is 2.16. The van der Waals surface area contributed by atoms with Crippen molar-refractivity contribution in [1.82, 2.24) is 0 Å². The van der Waals surface area contributed by atoms with Gasteiger partial charge in [-0.25, -0.2) is 0 Å². The Kier molecular flexibility index (Phi) is 6.53. The van der Waals surface area contributed by atoms with E-state index in [9.17, 15) is 0 Å². The van der Waals surface area contributed by atoms with Gasteiger partial charge in [-0.3, -0.25) is 0 Å². The van der Waals surface area contributed by atoms with E-state index >= 15 is 0 Å². The molecule has 0 atom stereocenters. The van der Waals surface area contributed by atoms with E-state index in [1.165, 1.54) is 49.0 Å². The number of benzene rings is 9. The summed E-state index contributed by atoms with van der Waals surface area (Å²) < 4.78 is 6.10. The lowest BCUT2D eigenvalue weighted by molar-refractivity contribution is 0.669. The van der Waals surface area contributed by atoms with Gasteiger partial charge in [0.2, 0.25) is 0 Å². The Morgan fingerprint density at radius 1 is 0.300 bits per heavy atom. The summed E-state index contributed by atoms with van der Waals surface area (Å²) in [4.78, 5) is 2.37. The second-order valence-corrected chi connectivity index (χ2v) is 13.0. The van der Waals surface area contributed by atoms with Crippen LogP contribution in [-0.4, -0.2) is 0 Å². The van der Waals surface area contributed by atoms with Crippen LogP contribution in [0.1, 0.15) is 0 Å². The molecule has 0 bridgehead atoms. The van der Waals surface area contributed by atoms with Crippen molar-refractivity contribution < 1.29 is 4.42 Å². The largest absolute Gasteiger partial charge is 0.456 e. The third-order valence-corrected chi connectivity index (χ3v) is 10.1. The quantitative estimate of drug-likeness (QED) is 0.175. The van der Waals surface area contributed by atoms with Crippen LogP contribution < -0.4 is 4.90 Å². The van der Waals surface area contributed by atoms with Crippen molar-refractivity contribution in [1.29, 1.82) is 0 Å². The van der Waals surface area contributed by atoms with Gasteiger partial charge in [0.1, 0.15) is 11.2 Å². The predicted octanol–water partition coefficient (Wildman–Crippen LogP) is 13.8. The molecule has 0 spiro atoms. The molecule has 234 valence electrons. The molecule has 0 aliphatic carbocycles. The van der Waals surface area contributed by atoms with Crippen molar-refractivity contribution in [2.24, 2.45) is 0 Å². The Morgan fingerprint density at radius 2 is 0.840 bits per heavy atom. The van der Waals surface area contributed by atoms with Gasteiger partial charge in [0, 0.05) is 27.8 Å². The van der Waals surface area contributed by atoms with E-state index in [0.717, 1.165) is 44.6 Å². The molecule has 0 unspecified atom stereocenters. The fraction of sp³-hybridized carbons (Fsp3) is 0. The number of hydrogen-bond donors (Lipinski definition) is 0. The van der Waals surface area contributed by atoms with Crippen molar-refractivity contribution >= 4 is 71.3 Å².